The third-order valence-electron chi connectivity index (χ3n) is 0.510. The summed E-state index contributed by atoms with van der Waals surface area (Å²) in [4.78, 5) is 0. The Morgan fingerprint density at radius 3 is 2.12 bits per heavy atom. The second-order valence-electron chi connectivity index (χ2n) is 1.21. The Morgan fingerprint density at radius 2 is 2.12 bits per heavy atom. The second kappa shape index (κ2) is 3.29. The van der Waals surface area contributed by atoms with Crippen LogP contribution in [0, 0.1) is 5.41 Å². The van der Waals surface area contributed by atoms with Crippen LogP contribution in [0.25, 0.3) is 0 Å². The predicted octanol–water partition coefficient (Wildman–Crippen LogP) is 2.43. The van der Waals surface area contributed by atoms with Crippen molar-refractivity contribution in [2.24, 2.45) is 0 Å². The summed E-state index contributed by atoms with van der Waals surface area (Å²) < 4.78 is 0.157. The summed E-state index contributed by atoms with van der Waals surface area (Å²) in [6, 6.07) is 0. The lowest BCUT2D eigenvalue weighted by Crippen LogP contribution is -1.86. The molecule has 0 aliphatic carbocycles. The number of hydrogen-bond acceptors (Lipinski definition) is 2. The maximum absolute atomic E-state index is 8.59. The van der Waals surface area contributed by atoms with Crippen LogP contribution in [-0.4, -0.2) is 8.82 Å². The van der Waals surface area contributed by atoms with E-state index in [1.54, 1.807) is 22.6 Å². The fraction of sp³-hybridized carbons (Fsp3) is 0.250. The van der Waals surface area contributed by atoms with E-state index in [4.69, 9.17) is 22.1 Å². The minimum absolute atomic E-state index is 0.00827. The molecule has 0 aliphatic heterocycles. The summed E-state index contributed by atoms with van der Waals surface area (Å²) in [5.41, 5.74) is 0. The van der Waals surface area contributed by atoms with E-state index in [0.29, 0.717) is 0 Å². The molecule has 0 radical (unpaired) electrons. The first-order valence-electron chi connectivity index (χ1n) is 1.85. The molecule has 0 aromatic rings. The van der Waals surface area contributed by atoms with Crippen LogP contribution in [0.2, 0.25) is 0 Å². The lowest BCUT2D eigenvalue weighted by atomic mass is 10.5. The number of halogens is 2. The highest BCUT2D eigenvalue weighted by Gasteiger charge is 1.99. The predicted molar refractivity (Wildman–Crippen MR) is 42.9 cm³/mol. The van der Waals surface area contributed by atoms with Crippen LogP contribution < -0.4 is 0 Å². The molecule has 0 atom stereocenters. The Hall–Kier alpha value is 0.230. The van der Waals surface area contributed by atoms with Gasteiger partial charge >= 0.3 is 0 Å². The van der Waals surface area contributed by atoms with Crippen molar-refractivity contribution in [3.63, 3.8) is 0 Å². The van der Waals surface area contributed by atoms with Crippen molar-refractivity contribution in [3.8, 4) is 0 Å². The van der Waals surface area contributed by atoms with Gasteiger partial charge < -0.3 is 5.11 Å². The van der Waals surface area contributed by atoms with Crippen molar-refractivity contribution in [2.75, 3.05) is 0 Å². The van der Waals surface area contributed by atoms with Crippen LogP contribution >= 0.6 is 34.2 Å². The molecule has 0 heterocycles. The van der Waals surface area contributed by atoms with Gasteiger partial charge in [0.2, 0.25) is 0 Å². The third kappa shape index (κ3) is 2.52. The molecule has 0 aromatic heterocycles. The average Bonchev–Trinajstić information content (AvgIpc) is 1.64. The molecule has 2 nitrogen and oxygen atoms in total. The van der Waals surface area contributed by atoms with Gasteiger partial charge in [-0.1, -0.05) is 11.6 Å². The Kier molecular flexibility index (Phi) is 3.39. The van der Waals surface area contributed by atoms with Crippen LogP contribution in [0.3, 0.4) is 0 Å². The summed E-state index contributed by atoms with van der Waals surface area (Å²) in [5, 5.41) is 15.6. The third-order valence-corrected chi connectivity index (χ3v) is 1.83. The Labute approximate surface area is 66.2 Å². The monoisotopic (exact) mass is 245 g/mol. The molecule has 0 fully saturated rings. The van der Waals surface area contributed by atoms with Gasteiger partial charge in [-0.25, -0.2) is 0 Å². The molecule has 0 amide bonds. The summed E-state index contributed by atoms with van der Waals surface area (Å²) >= 11 is 7.07. The van der Waals surface area contributed by atoms with Gasteiger partial charge in [-0.05, 0) is 29.5 Å². The van der Waals surface area contributed by atoms with Gasteiger partial charge in [-0.15, -0.1) is 0 Å². The number of rotatable bonds is 1. The van der Waals surface area contributed by atoms with E-state index in [1.807, 2.05) is 0 Å². The molecular weight excluding hydrogens is 240 g/mol. The van der Waals surface area contributed by atoms with Gasteiger partial charge in [-0.3, -0.25) is 5.41 Å². The van der Waals surface area contributed by atoms with Gasteiger partial charge in [0.1, 0.15) is 14.5 Å². The Morgan fingerprint density at radius 1 is 1.75 bits per heavy atom. The Balaban J connectivity index is 4.23. The van der Waals surface area contributed by atoms with Crippen molar-refractivity contribution in [1.29, 1.82) is 5.41 Å². The second-order valence-corrected chi connectivity index (χ2v) is 2.67. The van der Waals surface area contributed by atoms with E-state index in [-0.39, 0.29) is 14.5 Å². The fourth-order valence-corrected chi connectivity index (χ4v) is 0.549. The van der Waals surface area contributed by atoms with E-state index in [0.717, 1.165) is 0 Å². The van der Waals surface area contributed by atoms with Gasteiger partial charge in [0, 0.05) is 0 Å². The van der Waals surface area contributed by atoms with Crippen molar-refractivity contribution in [2.45, 2.75) is 6.92 Å². The van der Waals surface area contributed by atoms with Crippen molar-refractivity contribution < 1.29 is 5.11 Å². The molecule has 0 aliphatic rings. The molecule has 0 unspecified atom stereocenters. The smallest absolute Gasteiger partial charge is 0.114 e. The maximum Gasteiger partial charge on any atom is 0.114 e. The first-order valence-corrected chi connectivity index (χ1v) is 3.31. The quantitative estimate of drug-likeness (QED) is 0.416. The van der Waals surface area contributed by atoms with E-state index >= 15 is 0 Å². The average molecular weight is 245 g/mol. The highest BCUT2D eigenvalue weighted by molar-refractivity contribution is 14.1. The molecule has 0 aromatic carbocycles. The maximum atomic E-state index is 8.59. The van der Waals surface area contributed by atoms with Crippen LogP contribution in [0.1, 0.15) is 6.92 Å². The van der Waals surface area contributed by atoms with Gasteiger partial charge in [0.25, 0.3) is 0 Å². The van der Waals surface area contributed by atoms with E-state index < -0.39 is 0 Å². The molecule has 0 saturated heterocycles. The van der Waals surface area contributed by atoms with Crippen LogP contribution in [0.4, 0.5) is 0 Å². The standard InChI is InChI=1S/C4H5ClINO/c1-2(8)3(5)4(6)7/h7-8H,1H3/b3-2+,7-4?. The fourth-order valence-electron chi connectivity index (χ4n) is 0.159. The number of nitrogens with one attached hydrogen (secondary N) is 1. The molecule has 4 heteroatoms. The highest BCUT2D eigenvalue weighted by atomic mass is 127. The molecule has 2 N–H and O–H groups in total. The highest BCUT2D eigenvalue weighted by Crippen LogP contribution is 2.11. The number of aliphatic hydroxyl groups excluding tert-OH is 1. The molecular formula is C4H5ClINO. The zero-order chi connectivity index (χ0) is 6.73. The summed E-state index contributed by atoms with van der Waals surface area (Å²) in [5.74, 6) is -0.00827. The molecule has 8 heavy (non-hydrogen) atoms. The summed E-state index contributed by atoms with van der Waals surface area (Å²) in [7, 11) is 0. The molecule has 0 rings (SSSR count). The summed E-state index contributed by atoms with van der Waals surface area (Å²) in [6.07, 6.45) is 0. The molecule has 0 bridgehead atoms. The van der Waals surface area contributed by atoms with E-state index in [1.165, 1.54) is 6.92 Å². The molecule has 0 saturated carbocycles. The minimum Gasteiger partial charge on any atom is -0.511 e. The van der Waals surface area contributed by atoms with Crippen molar-refractivity contribution in [1.82, 2.24) is 0 Å². The SMILES string of the molecule is C/C(O)=C(\Cl)C(=N)I. The summed E-state index contributed by atoms with van der Waals surface area (Å²) in [6.45, 7) is 1.44. The van der Waals surface area contributed by atoms with Crippen molar-refractivity contribution >= 4 is 37.9 Å². The number of hydrogen-bond donors (Lipinski definition) is 2. The zero-order valence-corrected chi connectivity index (χ0v) is 7.12. The zero-order valence-electron chi connectivity index (χ0n) is 4.20. The lowest BCUT2D eigenvalue weighted by molar-refractivity contribution is 0.414. The van der Waals surface area contributed by atoms with Crippen LogP contribution in [0.15, 0.2) is 10.8 Å². The van der Waals surface area contributed by atoms with Gasteiger partial charge in [0.05, 0.1) is 0 Å². The number of aliphatic hydroxyl groups is 1. The first kappa shape index (κ1) is 8.23. The topological polar surface area (TPSA) is 44.1 Å². The van der Waals surface area contributed by atoms with Crippen LogP contribution in [-0.2, 0) is 0 Å². The first-order chi connectivity index (χ1) is 3.55. The van der Waals surface area contributed by atoms with E-state index in [9.17, 15) is 0 Å². The largest absolute Gasteiger partial charge is 0.511 e. The normalized spacial score (nSPS) is 12.9. The Bertz CT molecular complexity index is 139. The van der Waals surface area contributed by atoms with Gasteiger partial charge in [-0.2, -0.15) is 0 Å². The lowest BCUT2D eigenvalue weighted by Gasteiger charge is -1.91. The minimum atomic E-state index is -0.00827. The van der Waals surface area contributed by atoms with Crippen molar-refractivity contribution in [3.05, 3.63) is 10.8 Å². The van der Waals surface area contributed by atoms with E-state index in [2.05, 4.69) is 0 Å². The van der Waals surface area contributed by atoms with Gasteiger partial charge in [0.15, 0.2) is 0 Å². The molecule has 0 spiro atoms. The number of allylic oxidation sites excluding steroid dienone is 2. The van der Waals surface area contributed by atoms with Crippen LogP contribution in [0.5, 0.6) is 0 Å². The molecule has 46 valence electrons.